The maximum Gasteiger partial charge on any atom is 0.490 e. The third-order valence-electron chi connectivity index (χ3n) is 10.1. The molecular formula is C37H57F6N3O8. The van der Waals surface area contributed by atoms with Crippen LogP contribution in [0.2, 0.25) is 0 Å². The first-order valence-electron chi connectivity index (χ1n) is 18.5. The van der Waals surface area contributed by atoms with Gasteiger partial charge in [0.2, 0.25) is 0 Å². The van der Waals surface area contributed by atoms with E-state index in [4.69, 9.17) is 30.3 Å². The van der Waals surface area contributed by atoms with E-state index in [1.54, 1.807) is 0 Å². The van der Waals surface area contributed by atoms with E-state index < -0.39 is 41.8 Å². The Morgan fingerprint density at radius 1 is 0.778 bits per heavy atom. The minimum absolute atomic E-state index is 0.0805. The Morgan fingerprint density at radius 2 is 1.28 bits per heavy atom. The zero-order valence-electron chi connectivity index (χ0n) is 31.2. The standard InChI is InChI=1S/C33H55N3O4.2C2HF3O2/c1-32-19-13-20-33(2,30(37)38)29(32)18-16-26-15-17-27(25-28(26)32)40-31(39)36-24-14-23-35-22-12-10-8-6-4-3-5-7-9-11-21-34;2*3-2(4,5)1(6)7/h15,17,25,29,35H,3-14,16,18-24,34H2,1-2H3,(H,36,39)(H,37,38);2*(H,6,7)/t29-,32-,33+;;/m1../s1. The fraction of sp³-hybridized carbons (Fsp3) is 0.730. The highest BCUT2D eigenvalue weighted by molar-refractivity contribution is 5.76. The number of hydrogen-bond acceptors (Lipinski definition) is 7. The van der Waals surface area contributed by atoms with E-state index in [0.717, 1.165) is 63.7 Å². The largest absolute Gasteiger partial charge is 0.490 e. The summed E-state index contributed by atoms with van der Waals surface area (Å²) in [4.78, 5) is 42.4. The number of nitrogens with two attached hydrogens (primary N) is 1. The van der Waals surface area contributed by atoms with Gasteiger partial charge in [0.05, 0.1) is 5.41 Å². The number of unbranched alkanes of at least 4 members (excludes halogenated alkanes) is 9. The van der Waals surface area contributed by atoms with Gasteiger partial charge in [0, 0.05) is 6.54 Å². The second-order valence-electron chi connectivity index (χ2n) is 14.3. The number of rotatable bonds is 18. The van der Waals surface area contributed by atoms with Crippen molar-refractivity contribution in [2.24, 2.45) is 17.1 Å². The van der Waals surface area contributed by atoms with Crippen molar-refractivity contribution < 1.29 is 65.6 Å². The molecule has 2 aliphatic rings. The predicted octanol–water partition coefficient (Wildman–Crippen LogP) is 7.98. The molecule has 0 heterocycles. The number of hydrogen-bond donors (Lipinski definition) is 6. The fourth-order valence-corrected chi connectivity index (χ4v) is 7.24. The third-order valence-corrected chi connectivity index (χ3v) is 10.1. The van der Waals surface area contributed by atoms with Gasteiger partial charge in [-0.2, -0.15) is 26.3 Å². The number of carboxylic acids is 3. The van der Waals surface area contributed by atoms with Gasteiger partial charge in [0.15, 0.2) is 0 Å². The molecule has 11 nitrogen and oxygen atoms in total. The number of ether oxygens (including phenoxy) is 1. The number of carboxylic acid groups (broad SMARTS) is 3. The molecule has 0 aliphatic heterocycles. The predicted molar refractivity (Wildman–Crippen MR) is 189 cm³/mol. The quantitative estimate of drug-likeness (QED) is 0.0629. The van der Waals surface area contributed by atoms with Gasteiger partial charge in [0.25, 0.3) is 0 Å². The summed E-state index contributed by atoms with van der Waals surface area (Å²) in [6.07, 6.45) is 7.58. The maximum absolute atomic E-state index is 12.4. The first-order chi connectivity index (χ1) is 25.2. The molecule has 1 saturated carbocycles. The molecule has 0 unspecified atom stereocenters. The Morgan fingerprint density at radius 3 is 1.78 bits per heavy atom. The Balaban J connectivity index is 0.000000879. The highest BCUT2D eigenvalue weighted by Gasteiger charge is 2.55. The smallest absolute Gasteiger partial charge is 0.481 e. The number of amides is 1. The van der Waals surface area contributed by atoms with Gasteiger partial charge in [-0.05, 0) is 106 Å². The van der Waals surface area contributed by atoms with Crippen molar-refractivity contribution in [1.29, 1.82) is 0 Å². The number of benzene rings is 1. The van der Waals surface area contributed by atoms with Crippen LogP contribution in [0.3, 0.4) is 0 Å². The van der Waals surface area contributed by atoms with Crippen LogP contribution in [0.4, 0.5) is 31.1 Å². The van der Waals surface area contributed by atoms with Crippen molar-refractivity contribution in [2.45, 2.75) is 134 Å². The lowest BCUT2D eigenvalue weighted by molar-refractivity contribution is -0.193. The average molecular weight is 786 g/mol. The number of carbonyl (C=O) groups is 4. The zero-order chi connectivity index (χ0) is 41.0. The summed E-state index contributed by atoms with van der Waals surface area (Å²) in [6, 6.07) is 5.91. The molecule has 7 N–H and O–H groups in total. The number of carbonyl (C=O) groups excluding carboxylic acids is 1. The Labute approximate surface area is 312 Å². The number of halogens is 6. The second kappa shape index (κ2) is 23.3. The molecule has 310 valence electrons. The van der Waals surface area contributed by atoms with Crippen molar-refractivity contribution in [3.05, 3.63) is 29.3 Å². The molecule has 0 radical (unpaired) electrons. The van der Waals surface area contributed by atoms with E-state index in [1.165, 1.54) is 69.8 Å². The summed E-state index contributed by atoms with van der Waals surface area (Å²) in [6.45, 7) is 7.43. The SMILES string of the molecule is C[C@]1(C(=O)O)CCC[C@]2(C)c3cc(OC(=O)NCCCNCCCCCCCCCCCCN)ccc3CC[C@@H]12.O=C(O)C(F)(F)F.O=C(O)C(F)(F)F. The van der Waals surface area contributed by atoms with E-state index in [2.05, 4.69) is 23.6 Å². The van der Waals surface area contributed by atoms with Crippen molar-refractivity contribution in [1.82, 2.24) is 10.6 Å². The molecule has 1 aromatic carbocycles. The van der Waals surface area contributed by atoms with Crippen LogP contribution < -0.4 is 21.1 Å². The monoisotopic (exact) mass is 785 g/mol. The number of fused-ring (bicyclic) bond motifs is 3. The van der Waals surface area contributed by atoms with Crippen LogP contribution in [-0.4, -0.2) is 77.9 Å². The summed E-state index contributed by atoms with van der Waals surface area (Å²) in [7, 11) is 0. The van der Waals surface area contributed by atoms with Gasteiger partial charge in [-0.15, -0.1) is 0 Å². The number of nitrogens with one attached hydrogen (secondary N) is 2. The first-order valence-corrected chi connectivity index (χ1v) is 18.5. The minimum Gasteiger partial charge on any atom is -0.481 e. The Hall–Kier alpha value is -3.60. The van der Waals surface area contributed by atoms with Crippen LogP contribution in [0, 0.1) is 11.3 Å². The summed E-state index contributed by atoms with van der Waals surface area (Å²) in [5, 5.41) is 30.6. The van der Waals surface area contributed by atoms with Crippen molar-refractivity contribution in [2.75, 3.05) is 26.2 Å². The highest BCUT2D eigenvalue weighted by atomic mass is 19.4. The number of aryl methyl sites for hydroxylation is 1. The van der Waals surface area contributed by atoms with Crippen molar-refractivity contribution in [3.8, 4) is 5.75 Å². The molecular weight excluding hydrogens is 728 g/mol. The summed E-state index contributed by atoms with van der Waals surface area (Å²) in [5.74, 6) is -5.59. The van der Waals surface area contributed by atoms with E-state index in [1.807, 2.05) is 19.1 Å². The van der Waals surface area contributed by atoms with Crippen LogP contribution in [-0.2, 0) is 26.2 Å². The molecule has 1 aromatic rings. The summed E-state index contributed by atoms with van der Waals surface area (Å²) in [5.41, 5.74) is 7.01. The molecule has 54 heavy (non-hydrogen) atoms. The van der Waals surface area contributed by atoms with Crippen molar-refractivity contribution in [3.63, 3.8) is 0 Å². The fourth-order valence-electron chi connectivity index (χ4n) is 7.24. The number of aliphatic carboxylic acids is 3. The molecule has 0 bridgehead atoms. The van der Waals surface area contributed by atoms with E-state index in [9.17, 15) is 41.0 Å². The van der Waals surface area contributed by atoms with E-state index in [-0.39, 0.29) is 11.3 Å². The third kappa shape index (κ3) is 16.8. The average Bonchev–Trinajstić information content (AvgIpc) is 3.08. The van der Waals surface area contributed by atoms with E-state index >= 15 is 0 Å². The van der Waals surface area contributed by atoms with Gasteiger partial charge in [-0.3, -0.25) is 4.79 Å². The number of alkyl halides is 6. The lowest BCUT2D eigenvalue weighted by Gasteiger charge is -2.53. The molecule has 1 amide bonds. The van der Waals surface area contributed by atoms with Crippen LogP contribution in [0.5, 0.6) is 5.75 Å². The first kappa shape index (κ1) is 48.4. The second-order valence-corrected chi connectivity index (χ2v) is 14.3. The van der Waals surface area contributed by atoms with Crippen LogP contribution in [0.1, 0.15) is 121 Å². The summed E-state index contributed by atoms with van der Waals surface area (Å²) >= 11 is 0. The minimum atomic E-state index is -5.08. The molecule has 17 heteroatoms. The lowest BCUT2D eigenvalue weighted by atomic mass is 9.50. The van der Waals surface area contributed by atoms with Crippen LogP contribution >= 0.6 is 0 Å². The van der Waals surface area contributed by atoms with Gasteiger partial charge in [-0.1, -0.05) is 70.8 Å². The van der Waals surface area contributed by atoms with Gasteiger partial charge < -0.3 is 36.4 Å². The van der Waals surface area contributed by atoms with Gasteiger partial charge in [-0.25, -0.2) is 14.4 Å². The van der Waals surface area contributed by atoms with Crippen molar-refractivity contribution >= 4 is 24.0 Å². The molecule has 3 rings (SSSR count). The Bertz CT molecular complexity index is 1310. The van der Waals surface area contributed by atoms with E-state index in [0.29, 0.717) is 12.3 Å². The van der Waals surface area contributed by atoms with Gasteiger partial charge >= 0.3 is 36.4 Å². The molecule has 3 atom stereocenters. The normalized spacial score (nSPS) is 20.5. The molecule has 2 aliphatic carbocycles. The Kier molecular flexibility index (Phi) is 20.9. The summed E-state index contributed by atoms with van der Waals surface area (Å²) < 4.78 is 69.1. The lowest BCUT2D eigenvalue weighted by Crippen LogP contribution is -2.52. The molecule has 1 fully saturated rings. The highest BCUT2D eigenvalue weighted by Crippen LogP contribution is 2.57. The topological polar surface area (TPSA) is 188 Å². The van der Waals surface area contributed by atoms with Gasteiger partial charge in [0.1, 0.15) is 5.75 Å². The maximum atomic E-state index is 12.4. The molecule has 0 aromatic heterocycles. The molecule has 0 saturated heterocycles. The molecule has 0 spiro atoms. The van der Waals surface area contributed by atoms with Crippen LogP contribution in [0.15, 0.2) is 18.2 Å². The van der Waals surface area contributed by atoms with Crippen LogP contribution in [0.25, 0.3) is 0 Å². The zero-order valence-corrected chi connectivity index (χ0v) is 31.2.